The number of allylic oxidation sites excluding steroid dienone is 8. The van der Waals surface area contributed by atoms with Gasteiger partial charge in [0.1, 0.15) is 12.1 Å². The maximum absolute atomic E-state index is 12.5. The maximum Gasteiger partial charge on any atom is 0.472 e. The van der Waals surface area contributed by atoms with E-state index in [0.29, 0.717) is 13.0 Å². The van der Waals surface area contributed by atoms with Gasteiger partial charge >= 0.3 is 19.8 Å². The molecule has 3 atom stereocenters. The molecule has 0 fully saturated rings. The number of aliphatic carboxylic acids is 1. The van der Waals surface area contributed by atoms with Crippen molar-refractivity contribution in [3.63, 3.8) is 0 Å². The first kappa shape index (κ1) is 43.9. The molecule has 46 heavy (non-hydrogen) atoms. The molecule has 0 amide bonds. The Morgan fingerprint density at radius 3 is 1.91 bits per heavy atom. The van der Waals surface area contributed by atoms with Crippen LogP contribution in [0.4, 0.5) is 0 Å². The number of hydrogen-bond acceptors (Lipinski definition) is 8. The summed E-state index contributed by atoms with van der Waals surface area (Å²) in [7, 11) is -4.61. The van der Waals surface area contributed by atoms with E-state index < -0.39 is 45.1 Å². The lowest BCUT2D eigenvalue weighted by Gasteiger charge is -2.20. The zero-order chi connectivity index (χ0) is 34.1. The molecule has 0 aromatic rings. The number of carboxylic acid groups (broad SMARTS) is 1. The fourth-order valence-electron chi connectivity index (χ4n) is 4.15. The van der Waals surface area contributed by atoms with E-state index in [1.165, 1.54) is 25.7 Å². The van der Waals surface area contributed by atoms with E-state index in [-0.39, 0.29) is 13.0 Å². The molecule has 0 spiro atoms. The molecule has 0 heterocycles. The van der Waals surface area contributed by atoms with Crippen LogP contribution in [-0.4, -0.2) is 60.5 Å². The van der Waals surface area contributed by atoms with Gasteiger partial charge in [0.25, 0.3) is 0 Å². The standard InChI is InChI=1S/C35H62NO9P/c1-3-5-7-9-11-13-15-16-17-19-21-23-25-27-34(37)45-32(30-43-46(40,41)44-31-33(36)35(38)39)29-42-28-26-24-22-20-18-14-12-10-8-6-4-2/h5,7-8,10-11,13,16-17,32-33H,3-4,6,9,12,14-15,18-31,36H2,1-2H3,(H,38,39)(H,40,41)/b7-5-,10-8-,13-11-,17-16-. The van der Waals surface area contributed by atoms with Crippen molar-refractivity contribution in [1.82, 2.24) is 0 Å². The Bertz CT molecular complexity index is 920. The van der Waals surface area contributed by atoms with Crippen molar-refractivity contribution in [2.75, 3.05) is 26.4 Å². The van der Waals surface area contributed by atoms with Crippen LogP contribution in [0.5, 0.6) is 0 Å². The molecule has 4 N–H and O–H groups in total. The molecule has 0 aliphatic carbocycles. The summed E-state index contributed by atoms with van der Waals surface area (Å²) < 4.78 is 33.0. The van der Waals surface area contributed by atoms with E-state index in [0.717, 1.165) is 70.6 Å². The number of carboxylic acids is 1. The average Bonchev–Trinajstić information content (AvgIpc) is 3.03. The Morgan fingerprint density at radius 1 is 0.717 bits per heavy atom. The third kappa shape index (κ3) is 30.6. The number of esters is 1. The summed E-state index contributed by atoms with van der Waals surface area (Å²) in [6.45, 7) is 3.61. The Hall–Kier alpha value is -2.07. The quantitative estimate of drug-likeness (QED) is 0.0275. The van der Waals surface area contributed by atoms with Crippen molar-refractivity contribution in [2.45, 2.75) is 135 Å². The number of carbonyl (C=O) groups excluding carboxylic acids is 1. The van der Waals surface area contributed by atoms with E-state index in [9.17, 15) is 19.0 Å². The largest absolute Gasteiger partial charge is 0.480 e. The first-order chi connectivity index (χ1) is 22.2. The molecule has 0 saturated heterocycles. The van der Waals surface area contributed by atoms with Gasteiger partial charge in [0, 0.05) is 13.0 Å². The minimum Gasteiger partial charge on any atom is -0.480 e. The second-order valence-electron chi connectivity index (χ2n) is 11.3. The number of unbranched alkanes of at least 4 members (excludes halogenated alkanes) is 10. The first-order valence-electron chi connectivity index (χ1n) is 17.2. The predicted molar refractivity (Wildman–Crippen MR) is 184 cm³/mol. The maximum atomic E-state index is 12.5. The van der Waals surface area contributed by atoms with Gasteiger partial charge in [0.15, 0.2) is 0 Å². The average molecular weight is 672 g/mol. The van der Waals surface area contributed by atoms with Crippen molar-refractivity contribution < 1.29 is 42.7 Å². The topological polar surface area (TPSA) is 155 Å². The molecule has 0 aliphatic heterocycles. The monoisotopic (exact) mass is 671 g/mol. The highest BCUT2D eigenvalue weighted by Crippen LogP contribution is 2.43. The van der Waals surface area contributed by atoms with Gasteiger partial charge in [-0.3, -0.25) is 18.6 Å². The fourth-order valence-corrected chi connectivity index (χ4v) is 4.92. The van der Waals surface area contributed by atoms with E-state index in [1.807, 2.05) is 0 Å². The van der Waals surface area contributed by atoms with E-state index in [2.05, 4.69) is 67.0 Å². The lowest BCUT2D eigenvalue weighted by molar-refractivity contribution is -0.154. The third-order valence-electron chi connectivity index (χ3n) is 6.82. The van der Waals surface area contributed by atoms with Crippen molar-refractivity contribution in [3.8, 4) is 0 Å². The van der Waals surface area contributed by atoms with Gasteiger partial charge in [0.05, 0.1) is 19.8 Å². The van der Waals surface area contributed by atoms with Gasteiger partial charge in [-0.2, -0.15) is 0 Å². The molecule has 11 heteroatoms. The summed E-state index contributed by atoms with van der Waals surface area (Å²) in [5, 5.41) is 8.84. The van der Waals surface area contributed by atoms with Gasteiger partial charge in [-0.05, 0) is 64.2 Å². The molecule has 10 nitrogen and oxygen atoms in total. The summed E-state index contributed by atoms with van der Waals surface area (Å²) >= 11 is 0. The number of rotatable bonds is 32. The molecule has 0 aromatic carbocycles. The lowest BCUT2D eigenvalue weighted by atomic mass is 10.1. The zero-order valence-electron chi connectivity index (χ0n) is 28.4. The van der Waals surface area contributed by atoms with Gasteiger partial charge < -0.3 is 25.2 Å². The number of nitrogens with two attached hydrogens (primary N) is 1. The SMILES string of the molecule is CC/C=C\C/C=C\C/C=C\CCCCCC(=O)OC(COCCCCCCCC/C=C\CCC)COP(=O)(O)OCC(N)C(=O)O. The van der Waals surface area contributed by atoms with E-state index >= 15 is 0 Å². The van der Waals surface area contributed by atoms with Crippen LogP contribution in [0.1, 0.15) is 123 Å². The minimum absolute atomic E-state index is 0.00138. The lowest BCUT2D eigenvalue weighted by Crippen LogP contribution is -2.34. The van der Waals surface area contributed by atoms with Crippen molar-refractivity contribution in [3.05, 3.63) is 48.6 Å². The molecule has 0 saturated carbocycles. The van der Waals surface area contributed by atoms with Gasteiger partial charge in [-0.25, -0.2) is 4.57 Å². The molecule has 0 radical (unpaired) electrons. The predicted octanol–water partition coefficient (Wildman–Crippen LogP) is 8.36. The Morgan fingerprint density at radius 2 is 1.26 bits per heavy atom. The van der Waals surface area contributed by atoms with Crippen LogP contribution in [0.15, 0.2) is 48.6 Å². The van der Waals surface area contributed by atoms with E-state index in [4.69, 9.17) is 24.8 Å². The minimum atomic E-state index is -4.61. The molecular formula is C35H62NO9P. The molecule has 0 bridgehead atoms. The molecule has 0 rings (SSSR count). The van der Waals surface area contributed by atoms with Crippen LogP contribution in [0.3, 0.4) is 0 Å². The highest BCUT2D eigenvalue weighted by Gasteiger charge is 2.27. The Kier molecular flexibility index (Phi) is 30.1. The smallest absolute Gasteiger partial charge is 0.472 e. The number of hydrogen-bond donors (Lipinski definition) is 3. The van der Waals surface area contributed by atoms with Gasteiger partial charge in [-0.15, -0.1) is 0 Å². The number of phosphoric acid groups is 1. The number of ether oxygens (including phenoxy) is 2. The third-order valence-corrected chi connectivity index (χ3v) is 7.77. The van der Waals surface area contributed by atoms with Crippen molar-refractivity contribution in [1.29, 1.82) is 0 Å². The molecule has 0 aromatic heterocycles. The van der Waals surface area contributed by atoms with Crippen LogP contribution in [0.2, 0.25) is 0 Å². The highest BCUT2D eigenvalue weighted by atomic mass is 31.2. The molecule has 266 valence electrons. The Labute approximate surface area is 278 Å². The molecule has 0 aliphatic rings. The van der Waals surface area contributed by atoms with Crippen LogP contribution in [0, 0.1) is 0 Å². The summed E-state index contributed by atoms with van der Waals surface area (Å²) in [4.78, 5) is 33.2. The number of carbonyl (C=O) groups is 2. The van der Waals surface area contributed by atoms with Gasteiger partial charge in [-0.1, -0.05) is 101 Å². The fraction of sp³-hybridized carbons (Fsp3) is 0.714. The second-order valence-corrected chi connectivity index (χ2v) is 12.7. The first-order valence-corrected chi connectivity index (χ1v) is 18.7. The summed E-state index contributed by atoms with van der Waals surface area (Å²) in [5.74, 6) is -1.82. The molecule has 3 unspecified atom stereocenters. The summed E-state index contributed by atoms with van der Waals surface area (Å²) in [6, 6.07) is -1.48. The number of phosphoric ester groups is 1. The normalized spacial score (nSPS) is 14.9. The van der Waals surface area contributed by atoms with Gasteiger partial charge in [0.2, 0.25) is 0 Å². The zero-order valence-corrected chi connectivity index (χ0v) is 29.3. The summed E-state index contributed by atoms with van der Waals surface area (Å²) in [5.41, 5.74) is 5.32. The summed E-state index contributed by atoms with van der Waals surface area (Å²) in [6.07, 6.45) is 33.2. The van der Waals surface area contributed by atoms with Crippen LogP contribution < -0.4 is 5.73 Å². The second kappa shape index (κ2) is 31.5. The van der Waals surface area contributed by atoms with Crippen LogP contribution in [-0.2, 0) is 32.7 Å². The van der Waals surface area contributed by atoms with Crippen molar-refractivity contribution >= 4 is 19.8 Å². The Balaban J connectivity index is 4.43. The highest BCUT2D eigenvalue weighted by molar-refractivity contribution is 7.47. The van der Waals surface area contributed by atoms with Crippen LogP contribution in [0.25, 0.3) is 0 Å². The van der Waals surface area contributed by atoms with Crippen molar-refractivity contribution in [2.24, 2.45) is 5.73 Å². The molecular weight excluding hydrogens is 609 g/mol. The van der Waals surface area contributed by atoms with Crippen LogP contribution >= 0.6 is 7.82 Å². The van der Waals surface area contributed by atoms with E-state index in [1.54, 1.807) is 0 Å².